The molecule has 0 saturated carbocycles. The Morgan fingerprint density at radius 1 is 1.25 bits per heavy atom. The minimum atomic E-state index is -1.09. The van der Waals surface area contributed by atoms with Crippen LogP contribution in [0.4, 0.5) is 5.69 Å². The van der Waals surface area contributed by atoms with Crippen molar-refractivity contribution in [3.8, 4) is 0 Å². The Morgan fingerprint density at radius 3 is 2.46 bits per heavy atom. The highest BCUT2D eigenvalue weighted by atomic mass is 16.5. The van der Waals surface area contributed by atoms with E-state index < -0.39 is 23.8 Å². The van der Waals surface area contributed by atoms with Crippen LogP contribution in [0.25, 0.3) is 0 Å². The summed E-state index contributed by atoms with van der Waals surface area (Å²) in [4.78, 5) is 34.1. The number of hydrogen-bond acceptors (Lipinski definition) is 6. The third-order valence-electron chi connectivity index (χ3n) is 3.69. The van der Waals surface area contributed by atoms with E-state index in [0.717, 1.165) is 5.56 Å². The van der Waals surface area contributed by atoms with E-state index in [-0.39, 0.29) is 26.1 Å². The molecule has 7 nitrogen and oxygen atoms in total. The molecule has 0 saturated heterocycles. The van der Waals surface area contributed by atoms with E-state index in [1.54, 1.807) is 26.0 Å². The molecular formula is C17H23NO6. The zero-order chi connectivity index (χ0) is 18.3. The van der Waals surface area contributed by atoms with Gasteiger partial charge >= 0.3 is 17.9 Å². The van der Waals surface area contributed by atoms with Gasteiger partial charge in [0.05, 0.1) is 18.9 Å². The second-order valence-electron chi connectivity index (χ2n) is 5.45. The predicted octanol–water partition coefficient (Wildman–Crippen LogP) is 1.84. The Bertz CT molecular complexity index is 626. The molecule has 0 bridgehead atoms. The molecule has 3 N–H and O–H groups in total. The van der Waals surface area contributed by atoms with Gasteiger partial charge in [-0.05, 0) is 43.0 Å². The second kappa shape index (κ2) is 8.90. The molecule has 0 amide bonds. The number of benzene rings is 1. The molecule has 0 radical (unpaired) electrons. The Morgan fingerprint density at radius 2 is 1.92 bits per heavy atom. The molecule has 0 aliphatic rings. The summed E-state index contributed by atoms with van der Waals surface area (Å²) >= 11 is 0. The topological polar surface area (TPSA) is 116 Å². The molecule has 0 aromatic heterocycles. The lowest BCUT2D eigenvalue weighted by molar-refractivity contribution is -0.151. The van der Waals surface area contributed by atoms with E-state index >= 15 is 0 Å². The highest BCUT2D eigenvalue weighted by Gasteiger charge is 2.24. The first-order valence-electron chi connectivity index (χ1n) is 7.64. The maximum atomic E-state index is 11.6. The lowest BCUT2D eigenvalue weighted by atomic mass is 9.91. The van der Waals surface area contributed by atoms with Gasteiger partial charge in [0.1, 0.15) is 6.61 Å². The van der Waals surface area contributed by atoms with Crippen molar-refractivity contribution >= 4 is 23.6 Å². The summed E-state index contributed by atoms with van der Waals surface area (Å²) in [6, 6.07) is 3.37. The molecule has 7 heteroatoms. The number of carboxylic acids is 1. The van der Waals surface area contributed by atoms with Crippen molar-refractivity contribution in [2.45, 2.75) is 40.2 Å². The molecule has 132 valence electrons. The number of nitrogen functional groups attached to an aromatic ring is 1. The van der Waals surface area contributed by atoms with Crippen LogP contribution in [0.5, 0.6) is 0 Å². The molecule has 1 rings (SSSR count). The third kappa shape index (κ3) is 5.57. The van der Waals surface area contributed by atoms with Crippen molar-refractivity contribution in [2.75, 3.05) is 12.3 Å². The van der Waals surface area contributed by atoms with Crippen LogP contribution in [0.3, 0.4) is 0 Å². The van der Waals surface area contributed by atoms with Gasteiger partial charge in [-0.1, -0.05) is 6.07 Å². The predicted molar refractivity (Wildman–Crippen MR) is 87.1 cm³/mol. The molecule has 0 spiro atoms. The van der Waals surface area contributed by atoms with Crippen molar-refractivity contribution in [1.82, 2.24) is 0 Å². The van der Waals surface area contributed by atoms with Gasteiger partial charge in [0.15, 0.2) is 0 Å². The van der Waals surface area contributed by atoms with E-state index in [2.05, 4.69) is 0 Å². The Kier molecular flexibility index (Phi) is 7.23. The van der Waals surface area contributed by atoms with E-state index in [4.69, 9.17) is 15.2 Å². The number of carbonyl (C=O) groups excluding carboxylic acids is 2. The summed E-state index contributed by atoms with van der Waals surface area (Å²) in [7, 11) is 0. The quantitative estimate of drug-likeness (QED) is 0.549. The normalized spacial score (nSPS) is 11.6. The summed E-state index contributed by atoms with van der Waals surface area (Å²) in [5.74, 6) is -3.01. The van der Waals surface area contributed by atoms with E-state index in [0.29, 0.717) is 16.8 Å². The largest absolute Gasteiger partial charge is 0.481 e. The SMILES string of the molecule is CCOC(=O)C[C@H](Cc1ccc(N)c(C)c1COC(C)=O)C(=O)O. The zero-order valence-electron chi connectivity index (χ0n) is 14.1. The number of aliphatic carboxylic acids is 1. The monoisotopic (exact) mass is 337 g/mol. The fraction of sp³-hybridized carbons (Fsp3) is 0.471. The zero-order valence-corrected chi connectivity index (χ0v) is 14.1. The third-order valence-corrected chi connectivity index (χ3v) is 3.69. The fourth-order valence-corrected chi connectivity index (χ4v) is 2.33. The van der Waals surface area contributed by atoms with Crippen LogP contribution in [0.15, 0.2) is 12.1 Å². The number of rotatable bonds is 8. The summed E-state index contributed by atoms with van der Waals surface area (Å²) in [6.07, 6.45) is -0.106. The van der Waals surface area contributed by atoms with Crippen LogP contribution in [-0.4, -0.2) is 29.6 Å². The maximum absolute atomic E-state index is 11.6. The van der Waals surface area contributed by atoms with Gasteiger partial charge in [-0.2, -0.15) is 0 Å². The van der Waals surface area contributed by atoms with Gasteiger partial charge in [-0.25, -0.2) is 0 Å². The highest BCUT2D eigenvalue weighted by molar-refractivity contribution is 5.79. The molecule has 1 aromatic rings. The van der Waals surface area contributed by atoms with Crippen LogP contribution in [-0.2, 0) is 36.9 Å². The maximum Gasteiger partial charge on any atom is 0.307 e. The minimum Gasteiger partial charge on any atom is -0.481 e. The summed E-state index contributed by atoms with van der Waals surface area (Å²) in [5, 5.41) is 9.37. The Balaban J connectivity index is 3.05. The first kappa shape index (κ1) is 19.5. The fourth-order valence-electron chi connectivity index (χ4n) is 2.33. The molecule has 0 unspecified atom stereocenters. The Labute approximate surface area is 140 Å². The van der Waals surface area contributed by atoms with Crippen LogP contribution >= 0.6 is 0 Å². The number of carboxylic acid groups (broad SMARTS) is 1. The molecule has 0 aliphatic carbocycles. The number of hydrogen-bond donors (Lipinski definition) is 2. The van der Waals surface area contributed by atoms with E-state index in [1.165, 1.54) is 6.92 Å². The minimum absolute atomic E-state index is 0.00723. The van der Waals surface area contributed by atoms with E-state index in [9.17, 15) is 19.5 Å². The van der Waals surface area contributed by atoms with Gasteiger partial charge in [0, 0.05) is 12.6 Å². The number of anilines is 1. The second-order valence-corrected chi connectivity index (χ2v) is 5.45. The molecular weight excluding hydrogens is 314 g/mol. The molecule has 1 aromatic carbocycles. The van der Waals surface area contributed by atoms with Crippen molar-refractivity contribution in [2.24, 2.45) is 5.92 Å². The summed E-state index contributed by atoms with van der Waals surface area (Å²) in [5.41, 5.74) is 8.48. The Hall–Kier alpha value is -2.57. The lowest BCUT2D eigenvalue weighted by Gasteiger charge is -2.17. The number of esters is 2. The number of nitrogens with two attached hydrogens (primary N) is 1. The average Bonchev–Trinajstić information content (AvgIpc) is 2.49. The van der Waals surface area contributed by atoms with Crippen molar-refractivity contribution in [1.29, 1.82) is 0 Å². The summed E-state index contributed by atoms with van der Waals surface area (Å²) < 4.78 is 9.85. The van der Waals surface area contributed by atoms with Crippen molar-refractivity contribution in [3.05, 3.63) is 28.8 Å². The average molecular weight is 337 g/mol. The van der Waals surface area contributed by atoms with E-state index in [1.807, 2.05) is 0 Å². The summed E-state index contributed by atoms with van der Waals surface area (Å²) in [6.45, 7) is 4.94. The van der Waals surface area contributed by atoms with Gasteiger partial charge < -0.3 is 20.3 Å². The smallest absolute Gasteiger partial charge is 0.307 e. The van der Waals surface area contributed by atoms with Crippen molar-refractivity contribution < 1.29 is 29.0 Å². The van der Waals surface area contributed by atoms with Crippen molar-refractivity contribution in [3.63, 3.8) is 0 Å². The van der Waals surface area contributed by atoms with Gasteiger partial charge in [0.2, 0.25) is 0 Å². The van der Waals surface area contributed by atoms with Crippen LogP contribution in [0.2, 0.25) is 0 Å². The lowest BCUT2D eigenvalue weighted by Crippen LogP contribution is -2.22. The van der Waals surface area contributed by atoms with Gasteiger partial charge in [0.25, 0.3) is 0 Å². The molecule has 0 aliphatic heterocycles. The molecule has 1 atom stereocenters. The van der Waals surface area contributed by atoms with Crippen LogP contribution in [0.1, 0.15) is 37.0 Å². The number of ether oxygens (including phenoxy) is 2. The van der Waals surface area contributed by atoms with Crippen LogP contribution < -0.4 is 5.73 Å². The standard InChI is InChI=1S/C17H23NO6/c1-4-23-16(20)8-13(17(21)22)7-12-5-6-15(18)10(2)14(12)9-24-11(3)19/h5-6,13H,4,7-9,18H2,1-3H3,(H,21,22)/t13-/m0/s1. The first-order valence-corrected chi connectivity index (χ1v) is 7.64. The van der Waals surface area contributed by atoms with Gasteiger partial charge in [-0.15, -0.1) is 0 Å². The molecule has 0 heterocycles. The first-order chi connectivity index (χ1) is 11.3. The highest BCUT2D eigenvalue weighted by Crippen LogP contribution is 2.25. The van der Waals surface area contributed by atoms with Crippen LogP contribution in [0, 0.1) is 12.8 Å². The van der Waals surface area contributed by atoms with Gasteiger partial charge in [-0.3, -0.25) is 14.4 Å². The molecule has 0 fully saturated rings. The number of carbonyl (C=O) groups is 3. The molecule has 24 heavy (non-hydrogen) atoms.